The van der Waals surface area contributed by atoms with E-state index in [1.807, 2.05) is 11.8 Å². The highest BCUT2D eigenvalue weighted by Gasteiger charge is 2.33. The molecule has 2 atom stereocenters. The second-order valence-corrected chi connectivity index (χ2v) is 5.60. The lowest BCUT2D eigenvalue weighted by atomic mass is 10.0. The SMILES string of the molecule is CCN1C(=O)CCCC(N)C1c1sccc1C. The molecular formula is C13H20N2OS. The van der Waals surface area contributed by atoms with E-state index in [1.165, 1.54) is 10.4 Å². The zero-order valence-corrected chi connectivity index (χ0v) is 11.3. The minimum atomic E-state index is 0.0683. The van der Waals surface area contributed by atoms with Crippen molar-refractivity contribution in [3.63, 3.8) is 0 Å². The fourth-order valence-electron chi connectivity index (χ4n) is 2.57. The van der Waals surface area contributed by atoms with Gasteiger partial charge in [-0.25, -0.2) is 0 Å². The standard InChI is InChI=1S/C13H20N2OS/c1-3-15-11(16)6-4-5-10(14)12(15)13-9(2)7-8-17-13/h7-8,10,12H,3-6,14H2,1-2H3. The first kappa shape index (κ1) is 12.6. The largest absolute Gasteiger partial charge is 0.334 e. The van der Waals surface area contributed by atoms with Gasteiger partial charge in [0, 0.05) is 23.9 Å². The molecule has 1 aliphatic rings. The molecule has 1 fully saturated rings. The van der Waals surface area contributed by atoms with E-state index in [1.54, 1.807) is 11.3 Å². The first-order valence-electron chi connectivity index (χ1n) is 6.24. The second-order valence-electron chi connectivity index (χ2n) is 4.65. The number of nitrogens with two attached hydrogens (primary N) is 1. The molecule has 17 heavy (non-hydrogen) atoms. The molecule has 1 amide bonds. The topological polar surface area (TPSA) is 46.3 Å². The van der Waals surface area contributed by atoms with Gasteiger partial charge in [0.25, 0.3) is 0 Å². The number of nitrogens with zero attached hydrogens (tertiary/aromatic N) is 1. The van der Waals surface area contributed by atoms with Crippen LogP contribution in [0.1, 0.15) is 42.7 Å². The molecule has 1 aromatic rings. The van der Waals surface area contributed by atoms with Crippen LogP contribution in [-0.4, -0.2) is 23.4 Å². The van der Waals surface area contributed by atoms with E-state index in [2.05, 4.69) is 18.4 Å². The average Bonchev–Trinajstić information content (AvgIpc) is 2.65. The van der Waals surface area contributed by atoms with Gasteiger partial charge in [-0.05, 0) is 43.7 Å². The van der Waals surface area contributed by atoms with Gasteiger partial charge < -0.3 is 10.6 Å². The van der Waals surface area contributed by atoms with E-state index in [-0.39, 0.29) is 18.0 Å². The van der Waals surface area contributed by atoms with Crippen LogP contribution in [0, 0.1) is 6.92 Å². The quantitative estimate of drug-likeness (QED) is 0.879. The van der Waals surface area contributed by atoms with Crippen molar-refractivity contribution in [2.24, 2.45) is 5.73 Å². The van der Waals surface area contributed by atoms with Crippen molar-refractivity contribution in [2.75, 3.05) is 6.54 Å². The fraction of sp³-hybridized carbons (Fsp3) is 0.615. The monoisotopic (exact) mass is 252 g/mol. The Bertz CT molecular complexity index is 402. The predicted molar refractivity (Wildman–Crippen MR) is 71.0 cm³/mol. The molecule has 2 N–H and O–H groups in total. The van der Waals surface area contributed by atoms with Crippen LogP contribution in [0.4, 0.5) is 0 Å². The van der Waals surface area contributed by atoms with Crippen LogP contribution in [-0.2, 0) is 4.79 Å². The normalized spacial score (nSPS) is 26.1. The molecule has 2 rings (SSSR count). The lowest BCUT2D eigenvalue weighted by molar-refractivity contribution is -0.132. The maximum Gasteiger partial charge on any atom is 0.223 e. The molecule has 0 spiro atoms. The van der Waals surface area contributed by atoms with Gasteiger partial charge in [-0.3, -0.25) is 4.79 Å². The Morgan fingerprint density at radius 1 is 1.59 bits per heavy atom. The maximum atomic E-state index is 12.1. The van der Waals surface area contributed by atoms with Gasteiger partial charge in [0.2, 0.25) is 5.91 Å². The highest BCUT2D eigenvalue weighted by Crippen LogP contribution is 2.34. The van der Waals surface area contributed by atoms with Gasteiger partial charge >= 0.3 is 0 Å². The number of carbonyl (C=O) groups is 1. The van der Waals surface area contributed by atoms with E-state index in [0.717, 1.165) is 19.4 Å². The Hall–Kier alpha value is -0.870. The first-order chi connectivity index (χ1) is 8.15. The summed E-state index contributed by atoms with van der Waals surface area (Å²) in [4.78, 5) is 15.3. The summed E-state index contributed by atoms with van der Waals surface area (Å²) in [6, 6.07) is 2.25. The number of thiophene rings is 1. The number of amides is 1. The number of hydrogen-bond donors (Lipinski definition) is 1. The van der Waals surface area contributed by atoms with Crippen molar-refractivity contribution in [1.82, 2.24) is 4.90 Å². The van der Waals surface area contributed by atoms with Crippen LogP contribution in [0.3, 0.4) is 0 Å². The lowest BCUT2D eigenvalue weighted by Gasteiger charge is -2.32. The second kappa shape index (κ2) is 5.19. The molecule has 94 valence electrons. The van der Waals surface area contributed by atoms with Crippen molar-refractivity contribution in [1.29, 1.82) is 0 Å². The van der Waals surface area contributed by atoms with E-state index in [9.17, 15) is 4.79 Å². The molecule has 0 aliphatic carbocycles. The average molecular weight is 252 g/mol. The summed E-state index contributed by atoms with van der Waals surface area (Å²) in [6.07, 6.45) is 2.49. The molecule has 0 radical (unpaired) electrons. The number of aryl methyl sites for hydroxylation is 1. The van der Waals surface area contributed by atoms with E-state index in [0.29, 0.717) is 6.42 Å². The number of likely N-dealkylation sites (N-methyl/N-ethyl adjacent to an activating group) is 1. The third-order valence-electron chi connectivity index (χ3n) is 3.50. The molecule has 2 unspecified atom stereocenters. The fourth-order valence-corrected chi connectivity index (χ4v) is 3.69. The molecular weight excluding hydrogens is 232 g/mol. The number of likely N-dealkylation sites (tertiary alicyclic amines) is 1. The smallest absolute Gasteiger partial charge is 0.223 e. The molecule has 0 aromatic carbocycles. The Morgan fingerprint density at radius 2 is 2.35 bits per heavy atom. The van der Waals surface area contributed by atoms with Crippen LogP contribution in [0.25, 0.3) is 0 Å². The first-order valence-corrected chi connectivity index (χ1v) is 7.12. The zero-order valence-electron chi connectivity index (χ0n) is 10.5. The predicted octanol–water partition coefficient (Wildman–Crippen LogP) is 2.46. The Balaban J connectivity index is 2.38. The maximum absolute atomic E-state index is 12.1. The van der Waals surface area contributed by atoms with Crippen molar-refractivity contribution in [3.8, 4) is 0 Å². The third-order valence-corrected chi connectivity index (χ3v) is 4.59. The van der Waals surface area contributed by atoms with Gasteiger partial charge in [-0.1, -0.05) is 0 Å². The molecule has 2 heterocycles. The van der Waals surface area contributed by atoms with Gasteiger partial charge in [0.05, 0.1) is 6.04 Å². The van der Waals surface area contributed by atoms with Crippen molar-refractivity contribution < 1.29 is 4.79 Å². The van der Waals surface area contributed by atoms with Crippen molar-refractivity contribution in [2.45, 2.75) is 45.2 Å². The van der Waals surface area contributed by atoms with Crippen molar-refractivity contribution >= 4 is 17.2 Å². The number of rotatable bonds is 2. The summed E-state index contributed by atoms with van der Waals surface area (Å²) in [5.74, 6) is 0.248. The highest BCUT2D eigenvalue weighted by molar-refractivity contribution is 7.10. The van der Waals surface area contributed by atoms with E-state index >= 15 is 0 Å². The van der Waals surface area contributed by atoms with Gasteiger partial charge in [-0.15, -0.1) is 11.3 Å². The summed E-state index contributed by atoms with van der Waals surface area (Å²) >= 11 is 1.72. The van der Waals surface area contributed by atoms with Crippen LogP contribution < -0.4 is 5.73 Å². The van der Waals surface area contributed by atoms with Gasteiger partial charge in [-0.2, -0.15) is 0 Å². The Kier molecular flexibility index (Phi) is 3.84. The summed E-state index contributed by atoms with van der Waals surface area (Å²) in [7, 11) is 0. The van der Waals surface area contributed by atoms with Gasteiger partial charge in [0.15, 0.2) is 0 Å². The summed E-state index contributed by atoms with van der Waals surface area (Å²) in [6.45, 7) is 4.88. The van der Waals surface area contributed by atoms with E-state index < -0.39 is 0 Å². The minimum absolute atomic E-state index is 0.0683. The number of hydrogen-bond acceptors (Lipinski definition) is 3. The van der Waals surface area contributed by atoms with Crippen LogP contribution in [0.5, 0.6) is 0 Å². The van der Waals surface area contributed by atoms with Crippen LogP contribution in [0.2, 0.25) is 0 Å². The Labute approximate surface area is 107 Å². The van der Waals surface area contributed by atoms with Gasteiger partial charge in [0.1, 0.15) is 0 Å². The highest BCUT2D eigenvalue weighted by atomic mass is 32.1. The molecule has 0 bridgehead atoms. The molecule has 1 aromatic heterocycles. The van der Waals surface area contributed by atoms with Crippen LogP contribution >= 0.6 is 11.3 Å². The minimum Gasteiger partial charge on any atom is -0.334 e. The van der Waals surface area contributed by atoms with Crippen molar-refractivity contribution in [3.05, 3.63) is 21.9 Å². The molecule has 1 saturated heterocycles. The molecule has 3 nitrogen and oxygen atoms in total. The van der Waals surface area contributed by atoms with E-state index in [4.69, 9.17) is 5.73 Å². The zero-order chi connectivity index (χ0) is 12.4. The Morgan fingerprint density at radius 3 is 2.94 bits per heavy atom. The number of carbonyl (C=O) groups excluding carboxylic acids is 1. The van der Waals surface area contributed by atoms with Crippen LogP contribution in [0.15, 0.2) is 11.4 Å². The lowest BCUT2D eigenvalue weighted by Crippen LogP contribution is -2.41. The molecule has 4 heteroatoms. The summed E-state index contributed by atoms with van der Waals surface area (Å²) < 4.78 is 0. The summed E-state index contributed by atoms with van der Waals surface area (Å²) in [5.41, 5.74) is 7.53. The molecule has 1 aliphatic heterocycles. The summed E-state index contributed by atoms with van der Waals surface area (Å²) in [5, 5.41) is 2.08. The molecule has 0 saturated carbocycles. The third kappa shape index (κ3) is 2.38.